The van der Waals surface area contributed by atoms with Crippen molar-refractivity contribution in [3.8, 4) is 0 Å². The van der Waals surface area contributed by atoms with Crippen LogP contribution in [0.15, 0.2) is 0 Å². The first-order valence-electron chi connectivity index (χ1n) is 7.35. The monoisotopic (exact) mass is 268 g/mol. The molecule has 0 aromatic heterocycles. The number of carboxylic acids is 1. The summed E-state index contributed by atoms with van der Waals surface area (Å²) in [4.78, 5) is 23.2. The molecule has 0 heterocycles. The van der Waals surface area contributed by atoms with Crippen molar-refractivity contribution in [1.29, 1.82) is 0 Å². The maximum atomic E-state index is 12.1. The second-order valence-electron chi connectivity index (χ2n) is 5.94. The average Bonchev–Trinajstić information content (AvgIpc) is 2.85. The maximum absolute atomic E-state index is 12.1. The largest absolute Gasteiger partial charge is 0.481 e. The van der Waals surface area contributed by atoms with Gasteiger partial charge in [0, 0.05) is 12.6 Å². The summed E-state index contributed by atoms with van der Waals surface area (Å²) < 4.78 is 0. The van der Waals surface area contributed by atoms with Crippen LogP contribution in [0.1, 0.15) is 44.9 Å². The van der Waals surface area contributed by atoms with E-state index in [-0.39, 0.29) is 29.7 Å². The molecule has 2 saturated carbocycles. The van der Waals surface area contributed by atoms with Gasteiger partial charge in [-0.2, -0.15) is 0 Å². The van der Waals surface area contributed by atoms with Crippen molar-refractivity contribution >= 4 is 11.9 Å². The molecule has 0 radical (unpaired) electrons. The van der Waals surface area contributed by atoms with E-state index in [0.29, 0.717) is 6.54 Å². The Morgan fingerprint density at radius 1 is 1.05 bits per heavy atom. The van der Waals surface area contributed by atoms with Gasteiger partial charge in [0.25, 0.3) is 0 Å². The number of carbonyl (C=O) groups is 2. The molecular formula is C14H24N2O3. The molecule has 2 aliphatic carbocycles. The third-order valence-electron chi connectivity index (χ3n) is 4.67. The summed E-state index contributed by atoms with van der Waals surface area (Å²) in [6, 6.07) is -0.0346. The molecule has 0 spiro atoms. The van der Waals surface area contributed by atoms with Crippen LogP contribution in [0, 0.1) is 17.8 Å². The highest BCUT2D eigenvalue weighted by Crippen LogP contribution is 2.31. The molecule has 108 valence electrons. The van der Waals surface area contributed by atoms with Crippen LogP contribution in [-0.4, -0.2) is 29.6 Å². The van der Waals surface area contributed by atoms with Gasteiger partial charge in [-0.15, -0.1) is 0 Å². The van der Waals surface area contributed by atoms with Gasteiger partial charge in [0.1, 0.15) is 0 Å². The second kappa shape index (κ2) is 6.37. The fourth-order valence-corrected chi connectivity index (χ4v) is 3.45. The SMILES string of the molecule is NC1CCCCC1C(=O)NCC1CCCC1C(=O)O. The number of hydrogen-bond acceptors (Lipinski definition) is 3. The number of carbonyl (C=O) groups excluding carboxylic acids is 1. The Balaban J connectivity index is 1.81. The zero-order chi connectivity index (χ0) is 13.8. The molecule has 5 nitrogen and oxygen atoms in total. The number of hydrogen-bond donors (Lipinski definition) is 3. The van der Waals surface area contributed by atoms with Crippen molar-refractivity contribution in [2.45, 2.75) is 51.0 Å². The van der Waals surface area contributed by atoms with Crippen molar-refractivity contribution < 1.29 is 14.7 Å². The Kier molecular flexibility index (Phi) is 4.80. The highest BCUT2D eigenvalue weighted by atomic mass is 16.4. The smallest absolute Gasteiger partial charge is 0.306 e. The molecule has 1 amide bonds. The van der Waals surface area contributed by atoms with E-state index in [1.165, 1.54) is 0 Å². The Morgan fingerprint density at radius 3 is 2.42 bits per heavy atom. The van der Waals surface area contributed by atoms with Gasteiger partial charge >= 0.3 is 5.97 Å². The molecule has 2 aliphatic rings. The minimum atomic E-state index is -0.730. The van der Waals surface area contributed by atoms with E-state index in [2.05, 4.69) is 5.32 Å². The first-order valence-corrected chi connectivity index (χ1v) is 7.35. The highest BCUT2D eigenvalue weighted by Gasteiger charge is 2.34. The number of carboxylic acid groups (broad SMARTS) is 1. The van der Waals surface area contributed by atoms with Gasteiger partial charge in [-0.3, -0.25) is 9.59 Å². The molecule has 0 aromatic carbocycles. The van der Waals surface area contributed by atoms with Crippen LogP contribution in [-0.2, 0) is 9.59 Å². The predicted octanol–water partition coefficient (Wildman–Crippen LogP) is 1.12. The summed E-state index contributed by atoms with van der Waals surface area (Å²) in [6.07, 6.45) is 6.52. The van der Waals surface area contributed by atoms with E-state index < -0.39 is 5.97 Å². The fourth-order valence-electron chi connectivity index (χ4n) is 3.45. The molecule has 5 heteroatoms. The lowest BCUT2D eigenvalue weighted by atomic mass is 9.84. The number of amides is 1. The van der Waals surface area contributed by atoms with Crippen LogP contribution >= 0.6 is 0 Å². The average molecular weight is 268 g/mol. The van der Waals surface area contributed by atoms with E-state index >= 15 is 0 Å². The summed E-state index contributed by atoms with van der Waals surface area (Å²) in [7, 11) is 0. The molecule has 0 saturated heterocycles. The minimum absolute atomic E-state index is 0.0169. The summed E-state index contributed by atoms with van der Waals surface area (Å²) in [5.74, 6) is -1.01. The minimum Gasteiger partial charge on any atom is -0.481 e. The van der Waals surface area contributed by atoms with Gasteiger partial charge in [-0.1, -0.05) is 19.3 Å². The number of rotatable bonds is 4. The zero-order valence-corrected chi connectivity index (χ0v) is 11.3. The first kappa shape index (κ1) is 14.3. The first-order chi connectivity index (χ1) is 9.09. The van der Waals surface area contributed by atoms with E-state index in [0.717, 1.165) is 44.9 Å². The lowest BCUT2D eigenvalue weighted by Gasteiger charge is -2.28. The summed E-state index contributed by atoms with van der Waals surface area (Å²) in [5, 5.41) is 12.0. The van der Waals surface area contributed by atoms with Crippen LogP contribution < -0.4 is 11.1 Å². The van der Waals surface area contributed by atoms with Crippen molar-refractivity contribution in [1.82, 2.24) is 5.32 Å². The molecule has 0 aliphatic heterocycles. The summed E-state index contributed by atoms with van der Waals surface area (Å²) in [6.45, 7) is 0.485. The summed E-state index contributed by atoms with van der Waals surface area (Å²) in [5.41, 5.74) is 5.98. The number of nitrogens with two attached hydrogens (primary N) is 1. The van der Waals surface area contributed by atoms with E-state index in [9.17, 15) is 9.59 Å². The molecule has 2 fully saturated rings. The molecule has 0 bridgehead atoms. The maximum Gasteiger partial charge on any atom is 0.306 e. The molecule has 4 unspecified atom stereocenters. The third kappa shape index (κ3) is 3.47. The van der Waals surface area contributed by atoms with Crippen LogP contribution in [0.5, 0.6) is 0 Å². The van der Waals surface area contributed by atoms with Crippen LogP contribution in [0.25, 0.3) is 0 Å². The van der Waals surface area contributed by atoms with Gasteiger partial charge in [0.05, 0.1) is 11.8 Å². The standard InChI is InChI=1S/C14H24N2O3/c15-12-7-2-1-5-11(12)13(17)16-8-9-4-3-6-10(9)14(18)19/h9-12H,1-8,15H2,(H,16,17)(H,18,19). The van der Waals surface area contributed by atoms with Crippen LogP contribution in [0.2, 0.25) is 0 Å². The Bertz CT molecular complexity index is 346. The summed E-state index contributed by atoms with van der Waals surface area (Å²) >= 11 is 0. The Labute approximate surface area is 113 Å². The van der Waals surface area contributed by atoms with Crippen molar-refractivity contribution in [3.63, 3.8) is 0 Å². The van der Waals surface area contributed by atoms with E-state index in [4.69, 9.17) is 10.8 Å². The molecule has 0 aromatic rings. The highest BCUT2D eigenvalue weighted by molar-refractivity contribution is 5.79. The third-order valence-corrected chi connectivity index (χ3v) is 4.67. The van der Waals surface area contributed by atoms with E-state index in [1.807, 2.05) is 0 Å². The zero-order valence-electron chi connectivity index (χ0n) is 11.3. The number of nitrogens with one attached hydrogen (secondary N) is 1. The second-order valence-corrected chi connectivity index (χ2v) is 5.94. The fraction of sp³-hybridized carbons (Fsp3) is 0.857. The molecular weight excluding hydrogens is 244 g/mol. The Morgan fingerprint density at radius 2 is 1.74 bits per heavy atom. The Hall–Kier alpha value is -1.10. The predicted molar refractivity (Wildman–Crippen MR) is 71.4 cm³/mol. The lowest BCUT2D eigenvalue weighted by Crippen LogP contribution is -2.45. The van der Waals surface area contributed by atoms with Crippen molar-refractivity contribution in [2.24, 2.45) is 23.5 Å². The van der Waals surface area contributed by atoms with Gasteiger partial charge in [0.2, 0.25) is 5.91 Å². The van der Waals surface area contributed by atoms with Gasteiger partial charge < -0.3 is 16.2 Å². The van der Waals surface area contributed by atoms with Gasteiger partial charge in [-0.05, 0) is 31.6 Å². The lowest BCUT2D eigenvalue weighted by molar-refractivity contribution is -0.143. The topological polar surface area (TPSA) is 92.4 Å². The van der Waals surface area contributed by atoms with Gasteiger partial charge in [-0.25, -0.2) is 0 Å². The normalized spacial score (nSPS) is 35.0. The van der Waals surface area contributed by atoms with Crippen molar-refractivity contribution in [2.75, 3.05) is 6.54 Å². The van der Waals surface area contributed by atoms with E-state index in [1.54, 1.807) is 0 Å². The quantitative estimate of drug-likeness (QED) is 0.712. The molecule has 2 rings (SSSR count). The van der Waals surface area contributed by atoms with Gasteiger partial charge in [0.15, 0.2) is 0 Å². The number of aliphatic carboxylic acids is 1. The van der Waals surface area contributed by atoms with Crippen LogP contribution in [0.3, 0.4) is 0 Å². The van der Waals surface area contributed by atoms with Crippen LogP contribution in [0.4, 0.5) is 0 Å². The molecule has 4 atom stereocenters. The molecule has 4 N–H and O–H groups in total. The van der Waals surface area contributed by atoms with Crippen molar-refractivity contribution in [3.05, 3.63) is 0 Å². The molecule has 19 heavy (non-hydrogen) atoms.